The molecule has 23 heavy (non-hydrogen) atoms. The number of hydrogen-bond acceptors (Lipinski definition) is 2. The number of unbranched alkanes of at least 4 members (excludes halogenated alkanes) is 1. The highest BCUT2D eigenvalue weighted by Gasteiger charge is 2.05. The minimum absolute atomic E-state index is 0.0370. The molecule has 0 saturated heterocycles. The molecule has 0 radical (unpaired) electrons. The molecule has 0 aromatic heterocycles. The normalized spacial score (nSPS) is 10.3. The third-order valence-electron chi connectivity index (χ3n) is 3.70. The molecule has 122 valence electrons. The number of hydrogen-bond donors (Lipinski definition) is 1. The summed E-state index contributed by atoms with van der Waals surface area (Å²) >= 11 is 0. The zero-order chi connectivity index (χ0) is 16.5. The molecule has 0 bridgehead atoms. The number of aryl methyl sites for hydroxylation is 1. The Balaban J connectivity index is 1.66. The lowest BCUT2D eigenvalue weighted by Gasteiger charge is -2.09. The van der Waals surface area contributed by atoms with Gasteiger partial charge >= 0.3 is 0 Å². The van der Waals surface area contributed by atoms with Crippen LogP contribution in [0.1, 0.15) is 30.4 Å². The van der Waals surface area contributed by atoms with E-state index >= 15 is 0 Å². The molecular weight excluding hydrogens is 293 g/mol. The first kappa shape index (κ1) is 17.0. The smallest absolute Gasteiger partial charge is 0.220 e. The number of ether oxygens (including phenoxy) is 1. The number of benzene rings is 2. The summed E-state index contributed by atoms with van der Waals surface area (Å²) in [6.45, 7) is 0.473. The van der Waals surface area contributed by atoms with E-state index in [1.54, 1.807) is 19.2 Å². The third-order valence-corrected chi connectivity index (χ3v) is 3.70. The average molecular weight is 315 g/mol. The van der Waals surface area contributed by atoms with Crippen molar-refractivity contribution in [2.24, 2.45) is 0 Å². The van der Waals surface area contributed by atoms with Crippen molar-refractivity contribution < 1.29 is 13.9 Å². The Hall–Kier alpha value is -2.36. The summed E-state index contributed by atoms with van der Waals surface area (Å²) in [5.41, 5.74) is 2.07. The van der Waals surface area contributed by atoms with Crippen LogP contribution in [0.3, 0.4) is 0 Å². The van der Waals surface area contributed by atoms with Crippen LogP contribution in [0.15, 0.2) is 48.5 Å². The molecule has 2 aromatic carbocycles. The van der Waals surface area contributed by atoms with Crippen molar-refractivity contribution in [2.45, 2.75) is 32.2 Å². The molecule has 3 nitrogen and oxygen atoms in total. The van der Waals surface area contributed by atoms with Crippen molar-refractivity contribution in [1.82, 2.24) is 5.32 Å². The SMILES string of the molecule is COc1ccccc1CNC(=O)CCCCc1ccc(F)cc1. The first-order chi connectivity index (χ1) is 11.2. The van der Waals surface area contributed by atoms with E-state index < -0.39 is 0 Å². The van der Waals surface area contributed by atoms with Gasteiger partial charge in [-0.1, -0.05) is 30.3 Å². The summed E-state index contributed by atoms with van der Waals surface area (Å²) in [6, 6.07) is 14.2. The minimum Gasteiger partial charge on any atom is -0.496 e. The monoisotopic (exact) mass is 315 g/mol. The van der Waals surface area contributed by atoms with Gasteiger partial charge < -0.3 is 10.1 Å². The fourth-order valence-electron chi connectivity index (χ4n) is 2.40. The second-order valence-electron chi connectivity index (χ2n) is 5.42. The molecule has 0 heterocycles. The highest BCUT2D eigenvalue weighted by molar-refractivity contribution is 5.75. The topological polar surface area (TPSA) is 38.3 Å². The van der Waals surface area contributed by atoms with Crippen molar-refractivity contribution in [3.8, 4) is 5.75 Å². The molecule has 0 aliphatic rings. The van der Waals surface area contributed by atoms with Gasteiger partial charge in [-0.3, -0.25) is 4.79 Å². The van der Waals surface area contributed by atoms with E-state index in [2.05, 4.69) is 5.32 Å². The van der Waals surface area contributed by atoms with E-state index in [4.69, 9.17) is 4.74 Å². The molecule has 0 aliphatic carbocycles. The van der Waals surface area contributed by atoms with Crippen LogP contribution in [-0.2, 0) is 17.8 Å². The Morgan fingerprint density at radius 3 is 2.57 bits per heavy atom. The standard InChI is InChI=1S/C19H22FNO2/c1-23-18-8-4-3-7-16(18)14-21-19(22)9-5-2-6-15-10-12-17(20)13-11-15/h3-4,7-8,10-13H,2,5-6,9,14H2,1H3,(H,21,22). The predicted octanol–water partition coefficient (Wildman–Crippen LogP) is 3.86. The number of carbonyl (C=O) groups is 1. The Morgan fingerprint density at radius 1 is 1.09 bits per heavy atom. The van der Waals surface area contributed by atoms with Gasteiger partial charge in [0.15, 0.2) is 0 Å². The summed E-state index contributed by atoms with van der Waals surface area (Å²) in [7, 11) is 1.62. The van der Waals surface area contributed by atoms with E-state index in [1.165, 1.54) is 12.1 Å². The van der Waals surface area contributed by atoms with Crippen LogP contribution in [0.25, 0.3) is 0 Å². The van der Waals surface area contributed by atoms with E-state index in [0.29, 0.717) is 13.0 Å². The molecule has 4 heteroatoms. The molecule has 1 amide bonds. The van der Waals surface area contributed by atoms with E-state index in [9.17, 15) is 9.18 Å². The summed E-state index contributed by atoms with van der Waals surface area (Å²) < 4.78 is 18.1. The molecular formula is C19H22FNO2. The maximum Gasteiger partial charge on any atom is 0.220 e. The predicted molar refractivity (Wildman–Crippen MR) is 88.8 cm³/mol. The quantitative estimate of drug-likeness (QED) is 0.751. The van der Waals surface area contributed by atoms with Gasteiger partial charge in [0.1, 0.15) is 11.6 Å². The number of nitrogens with one attached hydrogen (secondary N) is 1. The third kappa shape index (κ3) is 5.74. The highest BCUT2D eigenvalue weighted by Crippen LogP contribution is 2.16. The van der Waals surface area contributed by atoms with Crippen LogP contribution in [0, 0.1) is 5.82 Å². The van der Waals surface area contributed by atoms with Gasteiger partial charge in [-0.25, -0.2) is 4.39 Å². The van der Waals surface area contributed by atoms with Crippen molar-refractivity contribution in [3.63, 3.8) is 0 Å². The van der Waals surface area contributed by atoms with Gasteiger partial charge in [0.05, 0.1) is 7.11 Å². The number of rotatable bonds is 8. The summed E-state index contributed by atoms with van der Waals surface area (Å²) in [4.78, 5) is 11.9. The van der Waals surface area contributed by atoms with Gasteiger partial charge in [0.2, 0.25) is 5.91 Å². The van der Waals surface area contributed by atoms with Crippen LogP contribution >= 0.6 is 0 Å². The molecule has 0 atom stereocenters. The fraction of sp³-hybridized carbons (Fsp3) is 0.316. The Morgan fingerprint density at radius 2 is 1.83 bits per heavy atom. The lowest BCUT2D eigenvalue weighted by molar-refractivity contribution is -0.121. The van der Waals surface area contributed by atoms with Crippen LogP contribution in [0.2, 0.25) is 0 Å². The number of halogens is 1. The number of para-hydroxylation sites is 1. The lowest BCUT2D eigenvalue weighted by atomic mass is 10.1. The van der Waals surface area contributed by atoms with E-state index in [-0.39, 0.29) is 11.7 Å². The van der Waals surface area contributed by atoms with E-state index in [0.717, 1.165) is 36.1 Å². The van der Waals surface area contributed by atoms with Crippen LogP contribution in [-0.4, -0.2) is 13.0 Å². The Bertz CT molecular complexity index is 626. The molecule has 0 saturated carbocycles. The van der Waals surface area contributed by atoms with Crippen molar-refractivity contribution in [3.05, 3.63) is 65.5 Å². The fourth-order valence-corrected chi connectivity index (χ4v) is 2.40. The molecule has 0 unspecified atom stereocenters. The van der Waals surface area contributed by atoms with Gasteiger partial charge in [-0.05, 0) is 43.0 Å². The van der Waals surface area contributed by atoms with Gasteiger partial charge in [-0.2, -0.15) is 0 Å². The molecule has 1 N–H and O–H groups in total. The molecule has 0 fully saturated rings. The van der Waals surface area contributed by atoms with Gasteiger partial charge in [0, 0.05) is 18.5 Å². The molecule has 2 aromatic rings. The zero-order valence-electron chi connectivity index (χ0n) is 13.3. The number of amides is 1. The van der Waals surface area contributed by atoms with E-state index in [1.807, 2.05) is 24.3 Å². The van der Waals surface area contributed by atoms with Gasteiger partial charge in [0.25, 0.3) is 0 Å². The molecule has 0 spiro atoms. The van der Waals surface area contributed by atoms with Crippen LogP contribution in [0.4, 0.5) is 4.39 Å². The number of carbonyl (C=O) groups excluding carboxylic acids is 1. The van der Waals surface area contributed by atoms with Crippen molar-refractivity contribution in [2.75, 3.05) is 7.11 Å². The summed E-state index contributed by atoms with van der Waals surface area (Å²) in [6.07, 6.45) is 3.08. The van der Waals surface area contributed by atoms with Crippen molar-refractivity contribution >= 4 is 5.91 Å². The highest BCUT2D eigenvalue weighted by atomic mass is 19.1. The Labute approximate surface area is 136 Å². The van der Waals surface area contributed by atoms with Crippen molar-refractivity contribution in [1.29, 1.82) is 0 Å². The second-order valence-corrected chi connectivity index (χ2v) is 5.42. The summed E-state index contributed by atoms with van der Waals surface area (Å²) in [5, 5.41) is 2.91. The summed E-state index contributed by atoms with van der Waals surface area (Å²) in [5.74, 6) is 0.601. The maximum absolute atomic E-state index is 12.8. The molecule has 0 aliphatic heterocycles. The first-order valence-corrected chi connectivity index (χ1v) is 7.82. The Kier molecular flexibility index (Phi) is 6.60. The first-order valence-electron chi connectivity index (χ1n) is 7.82. The second kappa shape index (κ2) is 8.93. The van der Waals surface area contributed by atoms with Gasteiger partial charge in [-0.15, -0.1) is 0 Å². The minimum atomic E-state index is -0.218. The van der Waals surface area contributed by atoms with Crippen LogP contribution < -0.4 is 10.1 Å². The lowest BCUT2D eigenvalue weighted by Crippen LogP contribution is -2.22. The zero-order valence-corrected chi connectivity index (χ0v) is 13.3. The largest absolute Gasteiger partial charge is 0.496 e. The van der Waals surface area contributed by atoms with Crippen LogP contribution in [0.5, 0.6) is 5.75 Å². The molecule has 2 rings (SSSR count). The average Bonchev–Trinajstić information content (AvgIpc) is 2.58. The number of methoxy groups -OCH3 is 1. The maximum atomic E-state index is 12.8.